The van der Waals surface area contributed by atoms with Crippen LogP contribution in [0.5, 0.6) is 0 Å². The van der Waals surface area contributed by atoms with E-state index in [9.17, 15) is 0 Å². The molecule has 0 aromatic rings. The maximum atomic E-state index is 2.38. The summed E-state index contributed by atoms with van der Waals surface area (Å²) in [5.41, 5.74) is 0. The summed E-state index contributed by atoms with van der Waals surface area (Å²) in [6, 6.07) is 0. The predicted molar refractivity (Wildman–Crippen MR) is 145 cm³/mol. The summed E-state index contributed by atoms with van der Waals surface area (Å²) >= 11 is 0. The highest BCUT2D eigenvalue weighted by Gasteiger charge is 2.07. The van der Waals surface area contributed by atoms with Gasteiger partial charge in [0.1, 0.15) is 0 Å². The van der Waals surface area contributed by atoms with E-state index < -0.39 is 0 Å². The first-order chi connectivity index (χ1) is 15.3. The van der Waals surface area contributed by atoms with Crippen LogP contribution in [0.15, 0.2) is 0 Å². The topological polar surface area (TPSA) is 0 Å². The third-order valence-electron chi connectivity index (χ3n) is 7.38. The first kappa shape index (κ1) is 31.0. The fourth-order valence-corrected chi connectivity index (χ4v) is 5.21. The Kier molecular flexibility index (Phi) is 28.0. The SMILES string of the molecule is CCCCCCCCCCCCCCC(CCC)CCCCCCCCCCCCC. The molecule has 0 aliphatic rings. The van der Waals surface area contributed by atoms with E-state index in [1.807, 2.05) is 0 Å². The molecule has 31 heavy (non-hydrogen) atoms. The maximum absolute atomic E-state index is 2.38. The minimum Gasteiger partial charge on any atom is -0.0654 e. The lowest BCUT2D eigenvalue weighted by molar-refractivity contribution is 0.376. The molecule has 0 rings (SSSR count). The number of hydrogen-bond acceptors (Lipinski definition) is 0. The van der Waals surface area contributed by atoms with E-state index >= 15 is 0 Å². The summed E-state index contributed by atoms with van der Waals surface area (Å²) in [5.74, 6) is 1.03. The molecule has 0 nitrogen and oxygen atoms in total. The molecule has 0 spiro atoms. The van der Waals surface area contributed by atoms with Crippen LogP contribution in [0.4, 0.5) is 0 Å². The normalized spacial score (nSPS) is 12.5. The molecule has 0 aliphatic heterocycles. The Morgan fingerprint density at radius 1 is 0.258 bits per heavy atom. The van der Waals surface area contributed by atoms with Crippen molar-refractivity contribution < 1.29 is 0 Å². The quantitative estimate of drug-likeness (QED) is 0.112. The second-order valence-electron chi connectivity index (χ2n) is 10.7. The van der Waals surface area contributed by atoms with Gasteiger partial charge in [0, 0.05) is 0 Å². The Balaban J connectivity index is 3.39. The van der Waals surface area contributed by atoms with E-state index in [1.54, 1.807) is 0 Å². The number of unbranched alkanes of at least 4 members (excludes halogenated alkanes) is 21. The van der Waals surface area contributed by atoms with Crippen molar-refractivity contribution in [3.63, 3.8) is 0 Å². The van der Waals surface area contributed by atoms with E-state index in [0.29, 0.717) is 0 Å². The lowest BCUT2D eigenvalue weighted by atomic mass is 9.90. The largest absolute Gasteiger partial charge is 0.0654 e. The van der Waals surface area contributed by atoms with Crippen LogP contribution < -0.4 is 0 Å². The molecule has 0 bridgehead atoms. The van der Waals surface area contributed by atoms with Gasteiger partial charge in [0.2, 0.25) is 0 Å². The van der Waals surface area contributed by atoms with E-state index in [4.69, 9.17) is 0 Å². The molecule has 0 aromatic heterocycles. The molecule has 0 aliphatic carbocycles. The van der Waals surface area contributed by atoms with Gasteiger partial charge in [-0.15, -0.1) is 0 Å². The lowest BCUT2D eigenvalue weighted by Crippen LogP contribution is -2.00. The van der Waals surface area contributed by atoms with Crippen LogP contribution in [0.3, 0.4) is 0 Å². The fourth-order valence-electron chi connectivity index (χ4n) is 5.21. The van der Waals surface area contributed by atoms with E-state index in [-0.39, 0.29) is 0 Å². The van der Waals surface area contributed by atoms with Gasteiger partial charge in [-0.05, 0) is 5.92 Å². The Hall–Kier alpha value is 0. The van der Waals surface area contributed by atoms with Crippen LogP contribution >= 0.6 is 0 Å². The molecule has 188 valence electrons. The molecule has 1 unspecified atom stereocenters. The zero-order chi connectivity index (χ0) is 22.7. The molecule has 0 radical (unpaired) electrons. The standard InChI is InChI=1S/C31H64/c1-4-7-9-11-13-15-17-19-21-23-25-27-30-31(28-6-3)29-26-24-22-20-18-16-14-12-10-8-5-2/h31H,4-30H2,1-3H3. The van der Waals surface area contributed by atoms with E-state index in [1.165, 1.54) is 173 Å². The summed E-state index contributed by atoms with van der Waals surface area (Å²) in [6.07, 6.45) is 39.8. The van der Waals surface area contributed by atoms with Crippen LogP contribution in [0.2, 0.25) is 0 Å². The smallest absolute Gasteiger partial charge is 0.0414 e. The number of hydrogen-bond donors (Lipinski definition) is 0. The van der Waals surface area contributed by atoms with Gasteiger partial charge in [-0.1, -0.05) is 194 Å². The molecule has 0 heterocycles. The van der Waals surface area contributed by atoms with Crippen molar-refractivity contribution in [2.75, 3.05) is 0 Å². The highest BCUT2D eigenvalue weighted by molar-refractivity contribution is 4.61. The molecule has 0 amide bonds. The maximum Gasteiger partial charge on any atom is -0.0414 e. The zero-order valence-corrected chi connectivity index (χ0v) is 22.7. The van der Waals surface area contributed by atoms with Gasteiger partial charge in [-0.25, -0.2) is 0 Å². The Bertz CT molecular complexity index is 294. The van der Waals surface area contributed by atoms with Crippen LogP contribution in [0, 0.1) is 5.92 Å². The van der Waals surface area contributed by atoms with Gasteiger partial charge in [-0.2, -0.15) is 0 Å². The van der Waals surface area contributed by atoms with Crippen molar-refractivity contribution in [1.29, 1.82) is 0 Å². The van der Waals surface area contributed by atoms with Crippen molar-refractivity contribution in [3.8, 4) is 0 Å². The molecule has 0 aromatic carbocycles. The Morgan fingerprint density at radius 3 is 0.774 bits per heavy atom. The van der Waals surface area contributed by atoms with Gasteiger partial charge in [0.15, 0.2) is 0 Å². The molecular formula is C31H64. The van der Waals surface area contributed by atoms with Gasteiger partial charge >= 0.3 is 0 Å². The van der Waals surface area contributed by atoms with Gasteiger partial charge < -0.3 is 0 Å². The lowest BCUT2D eigenvalue weighted by Gasteiger charge is -2.16. The molecule has 0 heteroatoms. The molecule has 1 atom stereocenters. The third-order valence-corrected chi connectivity index (χ3v) is 7.38. The van der Waals surface area contributed by atoms with Gasteiger partial charge in [0.05, 0.1) is 0 Å². The first-order valence-corrected chi connectivity index (χ1v) is 15.3. The van der Waals surface area contributed by atoms with Crippen molar-refractivity contribution in [3.05, 3.63) is 0 Å². The number of rotatable bonds is 27. The minimum absolute atomic E-state index is 1.03. The average Bonchev–Trinajstić information content (AvgIpc) is 2.78. The zero-order valence-electron chi connectivity index (χ0n) is 22.7. The second kappa shape index (κ2) is 28.0. The monoisotopic (exact) mass is 437 g/mol. The van der Waals surface area contributed by atoms with Crippen molar-refractivity contribution >= 4 is 0 Å². The summed E-state index contributed by atoms with van der Waals surface area (Å²) in [4.78, 5) is 0. The summed E-state index contributed by atoms with van der Waals surface area (Å²) in [5, 5.41) is 0. The second-order valence-corrected chi connectivity index (χ2v) is 10.7. The molecule has 0 N–H and O–H groups in total. The third kappa shape index (κ3) is 26.1. The average molecular weight is 437 g/mol. The van der Waals surface area contributed by atoms with Crippen LogP contribution in [-0.4, -0.2) is 0 Å². The van der Waals surface area contributed by atoms with Crippen LogP contribution in [0.1, 0.15) is 194 Å². The Labute approximate surface area is 200 Å². The Morgan fingerprint density at radius 2 is 0.516 bits per heavy atom. The molecule has 0 saturated heterocycles. The fraction of sp³-hybridized carbons (Fsp3) is 1.00. The van der Waals surface area contributed by atoms with Gasteiger partial charge in [0.25, 0.3) is 0 Å². The van der Waals surface area contributed by atoms with Crippen molar-refractivity contribution in [2.24, 2.45) is 5.92 Å². The molecular weight excluding hydrogens is 372 g/mol. The van der Waals surface area contributed by atoms with Gasteiger partial charge in [-0.3, -0.25) is 0 Å². The summed E-state index contributed by atoms with van der Waals surface area (Å²) in [6.45, 7) is 7.00. The van der Waals surface area contributed by atoms with Crippen LogP contribution in [-0.2, 0) is 0 Å². The van der Waals surface area contributed by atoms with E-state index in [2.05, 4.69) is 20.8 Å². The first-order valence-electron chi connectivity index (χ1n) is 15.3. The predicted octanol–water partition coefficient (Wildman–Crippen LogP) is 12.2. The van der Waals surface area contributed by atoms with E-state index in [0.717, 1.165) is 5.92 Å². The summed E-state index contributed by atoms with van der Waals surface area (Å²) in [7, 11) is 0. The molecule has 0 fully saturated rings. The molecule has 0 saturated carbocycles. The van der Waals surface area contributed by atoms with Crippen LogP contribution in [0.25, 0.3) is 0 Å². The van der Waals surface area contributed by atoms with Crippen molar-refractivity contribution in [2.45, 2.75) is 194 Å². The summed E-state index contributed by atoms with van der Waals surface area (Å²) < 4.78 is 0. The minimum atomic E-state index is 1.03. The highest BCUT2D eigenvalue weighted by Crippen LogP contribution is 2.23. The van der Waals surface area contributed by atoms with Crippen molar-refractivity contribution in [1.82, 2.24) is 0 Å². The highest BCUT2D eigenvalue weighted by atomic mass is 14.1.